The second-order valence-electron chi connectivity index (χ2n) is 5.62. The van der Waals surface area contributed by atoms with Gasteiger partial charge in [0.05, 0.1) is 24.0 Å². The molecule has 0 aromatic heterocycles. The van der Waals surface area contributed by atoms with E-state index in [4.69, 9.17) is 5.11 Å². The summed E-state index contributed by atoms with van der Waals surface area (Å²) >= 11 is 0. The fourth-order valence-corrected chi connectivity index (χ4v) is 3.88. The zero-order valence-electron chi connectivity index (χ0n) is 12.1. The molecule has 0 aromatic rings. The Morgan fingerprint density at radius 2 is 2.00 bits per heavy atom. The van der Waals surface area contributed by atoms with Crippen LogP contribution in [0.2, 0.25) is 0 Å². The number of rotatable bonds is 4. The maximum absolute atomic E-state index is 12.3. The predicted octanol–water partition coefficient (Wildman–Crippen LogP) is 0.268. The summed E-state index contributed by atoms with van der Waals surface area (Å²) < 4.78 is 23.2. The first-order valence-electron chi connectivity index (χ1n) is 6.56. The van der Waals surface area contributed by atoms with Crippen LogP contribution in [0.15, 0.2) is 0 Å². The summed E-state index contributed by atoms with van der Waals surface area (Å²) in [5.41, 5.74) is 0. The largest absolute Gasteiger partial charge is 0.481 e. The van der Waals surface area contributed by atoms with E-state index in [9.17, 15) is 18.0 Å². The first kappa shape index (κ1) is 16.7. The summed E-state index contributed by atoms with van der Waals surface area (Å²) in [7, 11) is -1.63. The van der Waals surface area contributed by atoms with Crippen molar-refractivity contribution in [3.63, 3.8) is 0 Å². The van der Waals surface area contributed by atoms with Crippen LogP contribution in [0, 0.1) is 5.92 Å². The Morgan fingerprint density at radius 1 is 1.40 bits per heavy atom. The van der Waals surface area contributed by atoms with E-state index >= 15 is 0 Å². The number of hydrogen-bond donors (Lipinski definition) is 1. The average Bonchev–Trinajstić information content (AvgIpc) is 2.25. The standard InChI is InChI=1S/C12H22N2O5S/c1-9(2)7-13(3)12(17)14-4-5-20(18,19)8-10(14)6-11(15)16/h9-10H,4-8H2,1-3H3,(H,15,16). The third kappa shape index (κ3) is 4.66. The molecule has 1 unspecified atom stereocenters. The molecule has 1 rings (SSSR count). The summed E-state index contributed by atoms with van der Waals surface area (Å²) in [5, 5.41) is 8.87. The lowest BCUT2D eigenvalue weighted by molar-refractivity contribution is -0.138. The summed E-state index contributed by atoms with van der Waals surface area (Å²) in [5.74, 6) is -1.20. The Kier molecular flexibility index (Phi) is 5.38. The Labute approximate surface area is 119 Å². The molecule has 1 fully saturated rings. The molecule has 0 radical (unpaired) electrons. The van der Waals surface area contributed by atoms with Crippen LogP contribution in [0.25, 0.3) is 0 Å². The molecule has 2 amide bonds. The monoisotopic (exact) mass is 306 g/mol. The van der Waals surface area contributed by atoms with Gasteiger partial charge in [0, 0.05) is 20.1 Å². The Balaban J connectivity index is 2.84. The number of aliphatic carboxylic acids is 1. The molecule has 1 N–H and O–H groups in total. The van der Waals surface area contributed by atoms with E-state index in [2.05, 4.69) is 0 Å². The van der Waals surface area contributed by atoms with E-state index in [0.717, 1.165) is 0 Å². The summed E-state index contributed by atoms with van der Waals surface area (Å²) in [6, 6.07) is -1.09. The number of carbonyl (C=O) groups excluding carboxylic acids is 1. The number of carboxylic acids is 1. The predicted molar refractivity (Wildman–Crippen MR) is 74.3 cm³/mol. The van der Waals surface area contributed by atoms with E-state index in [0.29, 0.717) is 6.54 Å². The van der Waals surface area contributed by atoms with Gasteiger partial charge in [0.15, 0.2) is 9.84 Å². The molecule has 0 bridgehead atoms. The highest BCUT2D eigenvalue weighted by molar-refractivity contribution is 7.91. The van der Waals surface area contributed by atoms with Gasteiger partial charge in [0.25, 0.3) is 0 Å². The quantitative estimate of drug-likeness (QED) is 0.804. The highest BCUT2D eigenvalue weighted by Gasteiger charge is 2.36. The molecular formula is C12H22N2O5S. The van der Waals surface area contributed by atoms with Crippen molar-refractivity contribution >= 4 is 21.8 Å². The van der Waals surface area contributed by atoms with Crippen LogP contribution in [-0.2, 0) is 14.6 Å². The van der Waals surface area contributed by atoms with E-state index in [-0.39, 0.29) is 36.4 Å². The van der Waals surface area contributed by atoms with Crippen molar-refractivity contribution in [2.24, 2.45) is 5.92 Å². The van der Waals surface area contributed by atoms with Crippen LogP contribution < -0.4 is 0 Å². The van der Waals surface area contributed by atoms with E-state index < -0.39 is 21.8 Å². The first-order valence-corrected chi connectivity index (χ1v) is 8.38. The molecule has 0 saturated carbocycles. The second-order valence-corrected chi connectivity index (χ2v) is 7.85. The molecule has 1 atom stereocenters. The van der Waals surface area contributed by atoms with Gasteiger partial charge in [-0.25, -0.2) is 13.2 Å². The van der Waals surface area contributed by atoms with Gasteiger partial charge in [-0.3, -0.25) is 4.79 Å². The van der Waals surface area contributed by atoms with Crippen LogP contribution in [0.1, 0.15) is 20.3 Å². The molecule has 7 nitrogen and oxygen atoms in total. The third-order valence-electron chi connectivity index (χ3n) is 3.15. The molecule has 1 aliphatic rings. The smallest absolute Gasteiger partial charge is 0.320 e. The van der Waals surface area contributed by atoms with E-state index in [1.807, 2.05) is 13.8 Å². The second kappa shape index (κ2) is 6.43. The summed E-state index contributed by atoms with van der Waals surface area (Å²) in [4.78, 5) is 26.0. The van der Waals surface area contributed by atoms with Crippen LogP contribution in [0.4, 0.5) is 4.79 Å². The lowest BCUT2D eigenvalue weighted by atomic mass is 10.2. The average molecular weight is 306 g/mol. The van der Waals surface area contributed by atoms with Crippen molar-refractivity contribution in [1.29, 1.82) is 0 Å². The fourth-order valence-electron chi connectivity index (χ4n) is 2.35. The molecule has 0 aliphatic carbocycles. The SMILES string of the molecule is CC(C)CN(C)C(=O)N1CCS(=O)(=O)CC1CC(=O)O. The van der Waals surface area contributed by atoms with Crippen LogP contribution in [0.3, 0.4) is 0 Å². The van der Waals surface area contributed by atoms with Crippen molar-refractivity contribution in [2.75, 3.05) is 31.6 Å². The zero-order chi connectivity index (χ0) is 15.5. The maximum Gasteiger partial charge on any atom is 0.320 e. The Bertz CT molecular complexity index is 474. The van der Waals surface area contributed by atoms with Gasteiger partial charge in [0.2, 0.25) is 0 Å². The van der Waals surface area contributed by atoms with Crippen molar-refractivity contribution in [2.45, 2.75) is 26.3 Å². The molecule has 1 heterocycles. The fraction of sp³-hybridized carbons (Fsp3) is 0.833. The molecule has 0 aromatic carbocycles. The molecule has 1 aliphatic heterocycles. The van der Waals surface area contributed by atoms with Crippen LogP contribution in [-0.4, -0.2) is 73.0 Å². The van der Waals surface area contributed by atoms with Gasteiger partial charge in [0.1, 0.15) is 0 Å². The Morgan fingerprint density at radius 3 is 2.50 bits per heavy atom. The van der Waals surface area contributed by atoms with Gasteiger partial charge in [-0.1, -0.05) is 13.8 Å². The summed E-state index contributed by atoms with van der Waals surface area (Å²) in [6.45, 7) is 4.54. The van der Waals surface area contributed by atoms with Crippen molar-refractivity contribution in [3.8, 4) is 0 Å². The normalized spacial score (nSPS) is 21.8. The van der Waals surface area contributed by atoms with Crippen LogP contribution >= 0.6 is 0 Å². The minimum Gasteiger partial charge on any atom is -0.481 e. The number of nitrogens with zero attached hydrogens (tertiary/aromatic N) is 2. The Hall–Kier alpha value is -1.31. The molecule has 116 valence electrons. The van der Waals surface area contributed by atoms with Crippen molar-refractivity contribution in [1.82, 2.24) is 9.80 Å². The van der Waals surface area contributed by atoms with Gasteiger partial charge >= 0.3 is 12.0 Å². The number of carbonyl (C=O) groups is 2. The number of hydrogen-bond acceptors (Lipinski definition) is 4. The summed E-state index contributed by atoms with van der Waals surface area (Å²) in [6.07, 6.45) is -0.347. The number of carboxylic acid groups (broad SMARTS) is 1. The van der Waals surface area contributed by atoms with E-state index in [1.54, 1.807) is 7.05 Å². The molecule has 0 spiro atoms. The van der Waals surface area contributed by atoms with Crippen LogP contribution in [0.5, 0.6) is 0 Å². The van der Waals surface area contributed by atoms with Gasteiger partial charge in [-0.2, -0.15) is 0 Å². The van der Waals surface area contributed by atoms with Gasteiger partial charge < -0.3 is 14.9 Å². The minimum atomic E-state index is -3.27. The maximum atomic E-state index is 12.3. The highest BCUT2D eigenvalue weighted by atomic mass is 32.2. The highest BCUT2D eigenvalue weighted by Crippen LogP contribution is 2.17. The lowest BCUT2D eigenvalue weighted by Crippen LogP contribution is -2.55. The lowest BCUT2D eigenvalue weighted by Gasteiger charge is -2.37. The number of urea groups is 1. The van der Waals surface area contributed by atoms with E-state index in [1.165, 1.54) is 9.80 Å². The number of sulfone groups is 1. The van der Waals surface area contributed by atoms with Crippen molar-refractivity contribution in [3.05, 3.63) is 0 Å². The molecular weight excluding hydrogens is 284 g/mol. The molecule has 20 heavy (non-hydrogen) atoms. The topological polar surface area (TPSA) is 95.0 Å². The zero-order valence-corrected chi connectivity index (χ0v) is 12.9. The first-order chi connectivity index (χ1) is 9.12. The number of amides is 2. The van der Waals surface area contributed by atoms with Gasteiger partial charge in [-0.15, -0.1) is 0 Å². The van der Waals surface area contributed by atoms with Crippen molar-refractivity contribution < 1.29 is 23.1 Å². The molecule has 1 saturated heterocycles. The molecule has 8 heteroatoms. The minimum absolute atomic E-state index is 0.0571. The van der Waals surface area contributed by atoms with Gasteiger partial charge in [-0.05, 0) is 5.92 Å². The third-order valence-corrected chi connectivity index (χ3v) is 4.85.